The summed E-state index contributed by atoms with van der Waals surface area (Å²) in [5.41, 5.74) is 5.06. The second kappa shape index (κ2) is 17.1. The molecule has 9 rings (SSSR count). The van der Waals surface area contributed by atoms with Crippen LogP contribution in [0.15, 0.2) is 84.3 Å². The van der Waals surface area contributed by atoms with Crippen LogP contribution in [0.4, 0.5) is 23.0 Å². The molecule has 0 saturated carbocycles. The highest BCUT2D eigenvalue weighted by atomic mass is 127. The van der Waals surface area contributed by atoms with Crippen LogP contribution in [0.2, 0.25) is 0 Å². The third-order valence-corrected chi connectivity index (χ3v) is 14.1. The molecule has 60 heavy (non-hydrogen) atoms. The number of nitrogens with one attached hydrogen (secondary N) is 3. The number of aryl methyl sites for hydroxylation is 1. The first-order valence-corrected chi connectivity index (χ1v) is 22.6. The van der Waals surface area contributed by atoms with Gasteiger partial charge in [-0.1, -0.05) is 46.9 Å². The fourth-order valence-electron chi connectivity index (χ4n) is 9.28. The Morgan fingerprint density at radius 1 is 0.883 bits per heavy atom. The highest BCUT2D eigenvalue weighted by Gasteiger charge is 2.38. The molecule has 312 valence electrons. The Kier molecular flexibility index (Phi) is 11.5. The second-order valence-electron chi connectivity index (χ2n) is 16.6. The summed E-state index contributed by atoms with van der Waals surface area (Å²) in [6.45, 7) is 9.19. The van der Waals surface area contributed by atoms with E-state index in [1.54, 1.807) is 21.6 Å². The largest absolute Gasteiger partial charge is 0.383 e. The number of halogens is 1. The number of carbonyl (C=O) groups excluding carboxylic acids is 2. The molecule has 2 amide bonds. The summed E-state index contributed by atoms with van der Waals surface area (Å²) < 4.78 is 3.79. The van der Waals surface area contributed by atoms with Crippen LogP contribution in [0, 0.1) is 5.92 Å². The van der Waals surface area contributed by atoms with E-state index in [-0.39, 0.29) is 29.8 Å². The van der Waals surface area contributed by atoms with Gasteiger partial charge in [-0.15, -0.1) is 6.58 Å². The van der Waals surface area contributed by atoms with E-state index >= 15 is 0 Å². The zero-order chi connectivity index (χ0) is 41.4. The number of piperidine rings is 3. The van der Waals surface area contributed by atoms with Crippen molar-refractivity contribution in [2.45, 2.75) is 75.5 Å². The van der Waals surface area contributed by atoms with E-state index in [9.17, 15) is 19.5 Å². The highest BCUT2D eigenvalue weighted by Crippen LogP contribution is 2.38. The number of pyridine rings is 1. The Labute approximate surface area is 362 Å². The molecule has 14 nitrogen and oxygen atoms in total. The number of amides is 2. The van der Waals surface area contributed by atoms with Gasteiger partial charge in [0.05, 0.1) is 18.2 Å². The van der Waals surface area contributed by atoms with E-state index in [0.717, 1.165) is 81.6 Å². The molecule has 4 N–H and O–H groups in total. The van der Waals surface area contributed by atoms with Crippen molar-refractivity contribution < 1.29 is 14.7 Å². The second-order valence-corrected chi connectivity index (χ2v) is 17.4. The van der Waals surface area contributed by atoms with Crippen LogP contribution >= 0.6 is 22.6 Å². The van der Waals surface area contributed by atoms with Crippen molar-refractivity contribution in [2.75, 3.05) is 52.3 Å². The minimum absolute atomic E-state index is 0.181. The molecule has 6 heterocycles. The average molecular weight is 923 g/mol. The molecule has 2 aromatic carbocycles. The third-order valence-electron chi connectivity index (χ3n) is 12.8. The van der Waals surface area contributed by atoms with E-state index in [2.05, 4.69) is 84.2 Å². The van der Waals surface area contributed by atoms with Crippen molar-refractivity contribution in [3.63, 3.8) is 0 Å². The predicted octanol–water partition coefficient (Wildman–Crippen LogP) is 5.47. The van der Waals surface area contributed by atoms with Crippen LogP contribution < -0.4 is 31.3 Å². The summed E-state index contributed by atoms with van der Waals surface area (Å²) in [5, 5.41) is 21.3. The molecule has 3 saturated heterocycles. The van der Waals surface area contributed by atoms with Crippen molar-refractivity contribution in [2.24, 2.45) is 5.92 Å². The first-order valence-electron chi connectivity index (χ1n) is 21.1. The fourth-order valence-corrected chi connectivity index (χ4v) is 10.0. The van der Waals surface area contributed by atoms with Gasteiger partial charge in [0.25, 0.3) is 5.56 Å². The molecule has 0 spiro atoms. The van der Waals surface area contributed by atoms with Crippen molar-refractivity contribution in [3.05, 3.63) is 107 Å². The first kappa shape index (κ1) is 40.3. The van der Waals surface area contributed by atoms with Gasteiger partial charge in [-0.3, -0.25) is 19.7 Å². The smallest absolute Gasteiger partial charge is 0.278 e. The topological polar surface area (TPSA) is 163 Å². The van der Waals surface area contributed by atoms with Crippen LogP contribution in [-0.2, 0) is 28.2 Å². The van der Waals surface area contributed by atoms with Gasteiger partial charge < -0.3 is 25.5 Å². The summed E-state index contributed by atoms with van der Waals surface area (Å²) in [5.74, 6) is 0.908. The predicted molar refractivity (Wildman–Crippen MR) is 242 cm³/mol. The van der Waals surface area contributed by atoms with Gasteiger partial charge in [-0.25, -0.2) is 19.3 Å². The van der Waals surface area contributed by atoms with Crippen LogP contribution in [0.3, 0.4) is 0 Å². The van der Waals surface area contributed by atoms with E-state index in [0.29, 0.717) is 64.1 Å². The number of aliphatic hydroxyl groups is 1. The maximum absolute atomic E-state index is 13.5. The summed E-state index contributed by atoms with van der Waals surface area (Å²) in [6, 6.07) is 21.1. The van der Waals surface area contributed by atoms with Gasteiger partial charge in [0, 0.05) is 66.3 Å². The van der Waals surface area contributed by atoms with Crippen molar-refractivity contribution in [3.8, 4) is 5.82 Å². The van der Waals surface area contributed by atoms with E-state index in [1.807, 2.05) is 36.4 Å². The van der Waals surface area contributed by atoms with Gasteiger partial charge in [-0.05, 0) is 111 Å². The van der Waals surface area contributed by atoms with Gasteiger partial charge in [0.15, 0.2) is 11.5 Å². The van der Waals surface area contributed by atoms with Crippen molar-refractivity contribution in [1.82, 2.24) is 34.9 Å². The number of benzene rings is 2. The molecule has 0 bridgehead atoms. The average Bonchev–Trinajstić information content (AvgIpc) is 3.75. The number of imide groups is 1. The first-order chi connectivity index (χ1) is 29.2. The zero-order valence-corrected chi connectivity index (χ0v) is 35.8. The number of hydrogen-bond acceptors (Lipinski definition) is 11. The zero-order valence-electron chi connectivity index (χ0n) is 33.7. The maximum atomic E-state index is 13.5. The minimum atomic E-state index is -1.00. The Morgan fingerprint density at radius 3 is 2.27 bits per heavy atom. The Balaban J connectivity index is 0.772. The number of anilines is 4. The molecule has 1 aliphatic carbocycles. The van der Waals surface area contributed by atoms with Gasteiger partial charge in [0.2, 0.25) is 17.8 Å². The summed E-state index contributed by atoms with van der Waals surface area (Å²) in [7, 11) is 0. The number of allylic oxidation sites excluding steroid dienone is 1. The van der Waals surface area contributed by atoms with E-state index in [4.69, 9.17) is 9.97 Å². The monoisotopic (exact) mass is 922 g/mol. The van der Waals surface area contributed by atoms with Crippen LogP contribution in [-0.4, -0.2) is 84.4 Å². The Hall–Kier alpha value is -5.13. The summed E-state index contributed by atoms with van der Waals surface area (Å²) in [6.07, 6.45) is 10.1. The summed E-state index contributed by atoms with van der Waals surface area (Å²) >= 11 is 2.20. The van der Waals surface area contributed by atoms with E-state index < -0.39 is 5.60 Å². The molecule has 1 unspecified atom stereocenters. The lowest BCUT2D eigenvalue weighted by Gasteiger charge is -2.37. The van der Waals surface area contributed by atoms with E-state index in [1.165, 1.54) is 11.4 Å². The van der Waals surface area contributed by atoms with Crippen molar-refractivity contribution >= 4 is 68.4 Å². The van der Waals surface area contributed by atoms with Crippen LogP contribution in [0.25, 0.3) is 16.9 Å². The van der Waals surface area contributed by atoms with Crippen molar-refractivity contribution in [1.29, 1.82) is 0 Å². The Morgan fingerprint density at radius 2 is 1.58 bits per heavy atom. The molecule has 0 radical (unpaired) electrons. The molecule has 3 fully saturated rings. The Bertz CT molecular complexity index is 2450. The summed E-state index contributed by atoms with van der Waals surface area (Å²) in [4.78, 5) is 56.5. The molecular weight excluding hydrogens is 871 g/mol. The SMILES string of the molecule is C=CCn1c(=O)c2cnc(Nc3ccc(N4CCC(CNC5CCN(c6ccc(C7CCC(=O)NC7=O)cc6)CC5)CC4)cc3)nc2n1-c1ccc2c(n1)[C@@](O)(CI)CC2. The quantitative estimate of drug-likeness (QED) is 0.0544. The highest BCUT2D eigenvalue weighted by molar-refractivity contribution is 14.1. The standard InChI is InChI=1S/C45H51IN10O4/c1-2-21-55-43(59)37-27-48-44(52-41(37)56(55)38-13-5-31-15-20-45(60,28-46)40(31)50-38)49-33-6-10-35(11-7-33)53-22-16-29(17-23-53)26-47-32-18-24-54(25-19-32)34-8-3-30(4-9-34)36-12-14-39(57)51-42(36)58/h2-11,13,27,29,32,36,47,60H,1,12,14-26,28H2,(H,48,49,52)(H,51,57,58)/t36?,45-/m0/s1. The van der Waals surface area contributed by atoms with Crippen LogP contribution in [0.1, 0.15) is 67.7 Å². The van der Waals surface area contributed by atoms with Gasteiger partial charge in [0.1, 0.15) is 11.0 Å². The third kappa shape index (κ3) is 8.06. The number of carbonyl (C=O) groups is 2. The number of aromatic nitrogens is 5. The molecule has 2 atom stereocenters. The molecule has 3 aromatic heterocycles. The van der Waals surface area contributed by atoms with Crippen LogP contribution in [0.5, 0.6) is 0 Å². The molecule has 15 heteroatoms. The molecule has 5 aromatic rings. The normalized spacial score (nSPS) is 21.3. The molecule has 4 aliphatic rings. The number of rotatable bonds is 12. The number of hydrogen-bond donors (Lipinski definition) is 4. The lowest BCUT2D eigenvalue weighted by molar-refractivity contribution is -0.134. The number of fused-ring (bicyclic) bond motifs is 2. The maximum Gasteiger partial charge on any atom is 0.278 e. The van der Waals surface area contributed by atoms with Gasteiger partial charge in [-0.2, -0.15) is 4.98 Å². The van der Waals surface area contributed by atoms with Gasteiger partial charge >= 0.3 is 0 Å². The molecule has 3 aliphatic heterocycles. The number of nitrogens with zero attached hydrogens (tertiary/aromatic N) is 7. The minimum Gasteiger partial charge on any atom is -0.383 e. The fraction of sp³-hybridized carbons (Fsp3) is 0.422. The lowest BCUT2D eigenvalue weighted by Crippen LogP contribution is -2.45. The molecular formula is C45H51IN10O4. The lowest BCUT2D eigenvalue weighted by atomic mass is 9.90. The number of alkyl halides is 1.